The Morgan fingerprint density at radius 1 is 1.23 bits per heavy atom. The molecule has 3 aromatic rings. The molecule has 4 nitrogen and oxygen atoms in total. The molecular formula is C18H22N4. The molecule has 4 heteroatoms. The van der Waals surface area contributed by atoms with Gasteiger partial charge < -0.3 is 4.98 Å². The Balaban J connectivity index is 1.80. The molecule has 1 atom stereocenters. The van der Waals surface area contributed by atoms with Crippen molar-refractivity contribution in [1.82, 2.24) is 19.9 Å². The molecule has 1 unspecified atom stereocenters. The van der Waals surface area contributed by atoms with Crippen LogP contribution in [0.1, 0.15) is 36.5 Å². The summed E-state index contributed by atoms with van der Waals surface area (Å²) in [5, 5.41) is 0. The summed E-state index contributed by atoms with van der Waals surface area (Å²) in [7, 11) is 2.13. The van der Waals surface area contributed by atoms with Gasteiger partial charge in [0.05, 0.1) is 29.3 Å². The van der Waals surface area contributed by atoms with E-state index in [9.17, 15) is 0 Å². The molecule has 1 aromatic carbocycles. The number of benzene rings is 1. The van der Waals surface area contributed by atoms with Gasteiger partial charge in [0.2, 0.25) is 0 Å². The molecular weight excluding hydrogens is 272 g/mol. The Morgan fingerprint density at radius 2 is 2.09 bits per heavy atom. The molecule has 0 saturated carbocycles. The first-order valence-electron chi connectivity index (χ1n) is 7.73. The Labute approximate surface area is 131 Å². The molecule has 2 heterocycles. The average molecular weight is 294 g/mol. The highest BCUT2D eigenvalue weighted by molar-refractivity contribution is 5.75. The van der Waals surface area contributed by atoms with E-state index in [1.54, 1.807) is 0 Å². The van der Waals surface area contributed by atoms with Crippen LogP contribution in [0.15, 0.2) is 42.6 Å². The van der Waals surface area contributed by atoms with E-state index in [1.165, 1.54) is 5.56 Å². The lowest BCUT2D eigenvalue weighted by Gasteiger charge is -2.25. The molecule has 114 valence electrons. The van der Waals surface area contributed by atoms with Gasteiger partial charge in [-0.3, -0.25) is 9.88 Å². The van der Waals surface area contributed by atoms with Crippen LogP contribution < -0.4 is 0 Å². The highest BCUT2D eigenvalue weighted by atomic mass is 15.2. The minimum atomic E-state index is 0.302. The van der Waals surface area contributed by atoms with Gasteiger partial charge in [0.25, 0.3) is 0 Å². The van der Waals surface area contributed by atoms with E-state index in [0.717, 1.165) is 35.5 Å². The van der Waals surface area contributed by atoms with E-state index in [2.05, 4.69) is 65.0 Å². The molecule has 0 radical (unpaired) electrons. The molecule has 0 aliphatic heterocycles. The predicted molar refractivity (Wildman–Crippen MR) is 89.6 cm³/mol. The third-order valence-corrected chi connectivity index (χ3v) is 4.03. The monoisotopic (exact) mass is 294 g/mol. The van der Waals surface area contributed by atoms with Gasteiger partial charge in [-0.25, -0.2) is 4.98 Å². The lowest BCUT2D eigenvalue weighted by molar-refractivity contribution is 0.221. The third kappa shape index (κ3) is 3.02. The number of fused-ring (bicyclic) bond motifs is 1. The molecule has 0 aliphatic carbocycles. The van der Waals surface area contributed by atoms with Crippen molar-refractivity contribution in [3.63, 3.8) is 0 Å². The summed E-state index contributed by atoms with van der Waals surface area (Å²) < 4.78 is 0. The van der Waals surface area contributed by atoms with Crippen molar-refractivity contribution < 1.29 is 0 Å². The molecule has 22 heavy (non-hydrogen) atoms. The number of pyridine rings is 1. The first-order chi connectivity index (χ1) is 10.7. The van der Waals surface area contributed by atoms with Crippen LogP contribution in [0.3, 0.4) is 0 Å². The van der Waals surface area contributed by atoms with E-state index in [0.29, 0.717) is 6.04 Å². The van der Waals surface area contributed by atoms with Crippen molar-refractivity contribution in [2.45, 2.75) is 32.9 Å². The molecule has 2 aromatic heterocycles. The maximum atomic E-state index is 4.69. The van der Waals surface area contributed by atoms with Crippen molar-refractivity contribution in [1.29, 1.82) is 0 Å². The van der Waals surface area contributed by atoms with Gasteiger partial charge in [0.1, 0.15) is 5.82 Å². The predicted octanol–water partition coefficient (Wildman–Crippen LogP) is 3.85. The number of hydrogen-bond donors (Lipinski definition) is 1. The lowest BCUT2D eigenvalue weighted by atomic mass is 10.1. The SMILES string of the molecule is CCC(c1ccccn1)N(C)Cc1nc2ccc(C)cc2[nH]1. The average Bonchev–Trinajstić information content (AvgIpc) is 2.90. The van der Waals surface area contributed by atoms with Crippen molar-refractivity contribution in [2.75, 3.05) is 7.05 Å². The zero-order chi connectivity index (χ0) is 15.5. The van der Waals surface area contributed by atoms with Crippen LogP contribution in [0.5, 0.6) is 0 Å². The van der Waals surface area contributed by atoms with Crippen LogP contribution in [-0.2, 0) is 6.54 Å². The number of imidazole rings is 1. The number of aromatic amines is 1. The van der Waals surface area contributed by atoms with Gasteiger partial charge in [-0.2, -0.15) is 0 Å². The van der Waals surface area contributed by atoms with Crippen molar-refractivity contribution in [3.8, 4) is 0 Å². The van der Waals surface area contributed by atoms with Gasteiger partial charge in [-0.15, -0.1) is 0 Å². The van der Waals surface area contributed by atoms with Crippen LogP contribution in [0.4, 0.5) is 0 Å². The fourth-order valence-electron chi connectivity index (χ4n) is 2.92. The summed E-state index contributed by atoms with van der Waals surface area (Å²) in [5.41, 5.74) is 4.49. The van der Waals surface area contributed by atoms with Gasteiger partial charge in [-0.1, -0.05) is 19.1 Å². The quantitative estimate of drug-likeness (QED) is 0.777. The minimum absolute atomic E-state index is 0.302. The highest BCUT2D eigenvalue weighted by Gasteiger charge is 2.17. The van der Waals surface area contributed by atoms with Crippen LogP contribution >= 0.6 is 0 Å². The van der Waals surface area contributed by atoms with Crippen molar-refractivity contribution >= 4 is 11.0 Å². The summed E-state index contributed by atoms with van der Waals surface area (Å²) in [6.45, 7) is 5.07. The fraction of sp³-hybridized carbons (Fsp3) is 0.333. The van der Waals surface area contributed by atoms with Crippen molar-refractivity contribution in [3.05, 3.63) is 59.7 Å². The first kappa shape index (κ1) is 14.7. The minimum Gasteiger partial charge on any atom is -0.341 e. The molecule has 0 fully saturated rings. The molecule has 0 spiro atoms. The Kier molecular flexibility index (Phi) is 4.20. The fourth-order valence-corrected chi connectivity index (χ4v) is 2.92. The maximum absolute atomic E-state index is 4.69. The van der Waals surface area contributed by atoms with E-state index in [-0.39, 0.29) is 0 Å². The van der Waals surface area contributed by atoms with E-state index >= 15 is 0 Å². The summed E-state index contributed by atoms with van der Waals surface area (Å²) >= 11 is 0. The van der Waals surface area contributed by atoms with E-state index in [4.69, 9.17) is 0 Å². The molecule has 1 N–H and O–H groups in total. The van der Waals surface area contributed by atoms with Crippen molar-refractivity contribution in [2.24, 2.45) is 0 Å². The number of aryl methyl sites for hydroxylation is 1. The molecule has 0 saturated heterocycles. The first-order valence-corrected chi connectivity index (χ1v) is 7.73. The standard InChI is InChI=1S/C18H22N4/c1-4-17(15-7-5-6-10-19-15)22(3)12-18-20-14-9-8-13(2)11-16(14)21-18/h5-11,17H,4,12H2,1-3H3,(H,20,21). The topological polar surface area (TPSA) is 44.8 Å². The van der Waals surface area contributed by atoms with Crippen LogP contribution in [0, 0.1) is 6.92 Å². The maximum Gasteiger partial charge on any atom is 0.121 e. The lowest BCUT2D eigenvalue weighted by Crippen LogP contribution is -2.25. The summed E-state index contributed by atoms with van der Waals surface area (Å²) in [6, 6.07) is 12.7. The second-order valence-electron chi connectivity index (χ2n) is 5.80. The largest absolute Gasteiger partial charge is 0.341 e. The number of H-pyrrole nitrogens is 1. The normalized spacial score (nSPS) is 12.9. The van der Waals surface area contributed by atoms with Crippen LogP contribution in [0.2, 0.25) is 0 Å². The highest BCUT2D eigenvalue weighted by Crippen LogP contribution is 2.23. The van der Waals surface area contributed by atoms with Crippen LogP contribution in [0.25, 0.3) is 11.0 Å². The van der Waals surface area contributed by atoms with Gasteiger partial charge in [0, 0.05) is 6.20 Å². The van der Waals surface area contributed by atoms with E-state index in [1.807, 2.05) is 18.3 Å². The molecule has 3 rings (SSSR count). The second kappa shape index (κ2) is 6.28. The van der Waals surface area contributed by atoms with E-state index < -0.39 is 0 Å². The number of rotatable bonds is 5. The second-order valence-corrected chi connectivity index (χ2v) is 5.80. The molecule has 0 aliphatic rings. The summed E-state index contributed by atoms with van der Waals surface area (Å²) in [5.74, 6) is 0.998. The summed E-state index contributed by atoms with van der Waals surface area (Å²) in [4.78, 5) is 14.9. The van der Waals surface area contributed by atoms with Gasteiger partial charge in [0.15, 0.2) is 0 Å². The number of hydrogen-bond acceptors (Lipinski definition) is 3. The zero-order valence-corrected chi connectivity index (χ0v) is 13.4. The number of nitrogens with one attached hydrogen (secondary N) is 1. The smallest absolute Gasteiger partial charge is 0.121 e. The Bertz CT molecular complexity index is 748. The Hall–Kier alpha value is -2.20. The molecule has 0 bridgehead atoms. The van der Waals surface area contributed by atoms with Gasteiger partial charge >= 0.3 is 0 Å². The number of nitrogens with zero attached hydrogens (tertiary/aromatic N) is 3. The van der Waals surface area contributed by atoms with Crippen LogP contribution in [-0.4, -0.2) is 26.9 Å². The zero-order valence-electron chi connectivity index (χ0n) is 13.4. The molecule has 0 amide bonds. The third-order valence-electron chi connectivity index (χ3n) is 4.03. The summed E-state index contributed by atoms with van der Waals surface area (Å²) in [6.07, 6.45) is 2.88. The Morgan fingerprint density at radius 3 is 2.82 bits per heavy atom. The van der Waals surface area contributed by atoms with Gasteiger partial charge in [-0.05, 0) is 50.2 Å². The number of aromatic nitrogens is 3.